The average molecular weight is 365 g/mol. The Hall–Kier alpha value is -1.91. The molecule has 0 aliphatic heterocycles. The first-order valence-corrected chi connectivity index (χ1v) is 8.32. The molecular formula is C20H26ClFN2O. The van der Waals surface area contributed by atoms with E-state index in [-0.39, 0.29) is 42.1 Å². The second kappa shape index (κ2) is 9.54. The van der Waals surface area contributed by atoms with Gasteiger partial charge >= 0.3 is 0 Å². The lowest BCUT2D eigenvalue weighted by atomic mass is 9.93. The Morgan fingerprint density at radius 2 is 1.60 bits per heavy atom. The highest BCUT2D eigenvalue weighted by molar-refractivity contribution is 5.85. The maximum atomic E-state index is 13.1. The van der Waals surface area contributed by atoms with Gasteiger partial charge in [0.2, 0.25) is 5.91 Å². The molecule has 2 aromatic carbocycles. The number of carbonyl (C=O) groups is 1. The van der Waals surface area contributed by atoms with Gasteiger partial charge in [-0.25, -0.2) is 4.39 Å². The van der Waals surface area contributed by atoms with Crippen molar-refractivity contribution in [1.82, 2.24) is 4.90 Å². The van der Waals surface area contributed by atoms with Gasteiger partial charge in [0.05, 0.1) is 12.0 Å². The van der Waals surface area contributed by atoms with Crippen LogP contribution in [-0.4, -0.2) is 17.4 Å². The molecule has 0 fully saturated rings. The van der Waals surface area contributed by atoms with Crippen LogP contribution in [0.4, 0.5) is 4.39 Å². The highest BCUT2D eigenvalue weighted by Gasteiger charge is 2.29. The Morgan fingerprint density at radius 1 is 1.04 bits per heavy atom. The summed E-state index contributed by atoms with van der Waals surface area (Å²) in [6.07, 6.45) is 0. The zero-order chi connectivity index (χ0) is 17.7. The van der Waals surface area contributed by atoms with Crippen LogP contribution in [0.1, 0.15) is 44.0 Å². The van der Waals surface area contributed by atoms with Gasteiger partial charge in [-0.15, -0.1) is 12.4 Å². The number of carbonyl (C=O) groups excluding carboxylic acids is 1. The minimum Gasteiger partial charge on any atom is -0.336 e. The SMILES string of the molecule is CCN(C(=O)C(C)C(N)c1ccccc1)C(C)c1ccc(F)cc1.Cl. The predicted octanol–water partition coefficient (Wildman–Crippen LogP) is 4.49. The second-order valence-corrected chi connectivity index (χ2v) is 6.08. The van der Waals surface area contributed by atoms with E-state index in [0.717, 1.165) is 11.1 Å². The summed E-state index contributed by atoms with van der Waals surface area (Å²) in [5.41, 5.74) is 8.15. The summed E-state index contributed by atoms with van der Waals surface area (Å²) in [7, 11) is 0. The number of nitrogens with zero attached hydrogens (tertiary/aromatic N) is 1. The Labute approximate surface area is 155 Å². The minimum atomic E-state index is -0.354. The van der Waals surface area contributed by atoms with Gasteiger partial charge in [0, 0.05) is 12.6 Å². The van der Waals surface area contributed by atoms with Crippen LogP contribution in [0, 0.1) is 11.7 Å². The fraction of sp³-hybridized carbons (Fsp3) is 0.350. The smallest absolute Gasteiger partial charge is 0.227 e. The summed E-state index contributed by atoms with van der Waals surface area (Å²) >= 11 is 0. The van der Waals surface area contributed by atoms with Gasteiger partial charge in [0.25, 0.3) is 0 Å². The third-order valence-corrected chi connectivity index (χ3v) is 4.56. The molecule has 5 heteroatoms. The second-order valence-electron chi connectivity index (χ2n) is 6.08. The molecule has 2 rings (SSSR count). The Morgan fingerprint density at radius 3 is 2.12 bits per heavy atom. The molecule has 0 aliphatic carbocycles. The standard InChI is InChI=1S/C20H25FN2O.ClH/c1-4-23(15(3)16-10-12-18(21)13-11-16)20(24)14(2)19(22)17-8-6-5-7-9-17;/h5-15,19H,4,22H2,1-3H3;1H. The van der Waals surface area contributed by atoms with E-state index in [4.69, 9.17) is 5.73 Å². The van der Waals surface area contributed by atoms with Crippen molar-refractivity contribution < 1.29 is 9.18 Å². The lowest BCUT2D eigenvalue weighted by Gasteiger charge is -2.32. The van der Waals surface area contributed by atoms with E-state index in [1.165, 1.54) is 12.1 Å². The Balaban J connectivity index is 0.00000312. The quantitative estimate of drug-likeness (QED) is 0.820. The van der Waals surface area contributed by atoms with Gasteiger partial charge < -0.3 is 10.6 Å². The van der Waals surface area contributed by atoms with Gasteiger partial charge in [0.15, 0.2) is 0 Å². The molecule has 0 heterocycles. The Bertz CT molecular complexity index is 663. The molecule has 3 unspecified atom stereocenters. The van der Waals surface area contributed by atoms with Crippen LogP contribution in [0.15, 0.2) is 54.6 Å². The molecule has 1 amide bonds. The van der Waals surface area contributed by atoms with Crippen LogP contribution in [0.3, 0.4) is 0 Å². The number of amides is 1. The molecule has 0 aliphatic rings. The number of nitrogens with two attached hydrogens (primary N) is 1. The lowest BCUT2D eigenvalue weighted by Crippen LogP contribution is -2.40. The van der Waals surface area contributed by atoms with Gasteiger partial charge in [-0.1, -0.05) is 49.4 Å². The van der Waals surface area contributed by atoms with Crippen LogP contribution in [0.25, 0.3) is 0 Å². The van der Waals surface area contributed by atoms with Gasteiger partial charge in [0.1, 0.15) is 5.82 Å². The molecule has 0 spiro atoms. The third kappa shape index (κ3) is 5.03. The summed E-state index contributed by atoms with van der Waals surface area (Å²) in [5.74, 6) is -0.610. The topological polar surface area (TPSA) is 46.3 Å². The first kappa shape index (κ1) is 21.1. The molecule has 25 heavy (non-hydrogen) atoms. The zero-order valence-electron chi connectivity index (χ0n) is 14.9. The molecule has 3 nitrogen and oxygen atoms in total. The molecule has 2 aromatic rings. The minimum absolute atomic E-state index is 0. The number of benzene rings is 2. The lowest BCUT2D eigenvalue weighted by molar-refractivity contribution is -0.137. The van der Waals surface area contributed by atoms with Crippen LogP contribution in [0.2, 0.25) is 0 Å². The summed E-state index contributed by atoms with van der Waals surface area (Å²) in [6, 6.07) is 15.4. The normalized spacial score (nSPS) is 14.1. The molecule has 0 radical (unpaired) electrons. The van der Waals surface area contributed by atoms with Crippen LogP contribution >= 0.6 is 12.4 Å². The van der Waals surface area contributed by atoms with E-state index in [1.54, 1.807) is 17.0 Å². The predicted molar refractivity (Wildman–Crippen MR) is 102 cm³/mol. The number of hydrogen-bond donors (Lipinski definition) is 1. The van der Waals surface area contributed by atoms with Crippen molar-refractivity contribution in [1.29, 1.82) is 0 Å². The fourth-order valence-corrected chi connectivity index (χ4v) is 2.92. The molecule has 0 saturated heterocycles. The van der Waals surface area contributed by atoms with Crippen molar-refractivity contribution in [3.05, 3.63) is 71.5 Å². The zero-order valence-corrected chi connectivity index (χ0v) is 15.7. The first-order chi connectivity index (χ1) is 11.5. The van der Waals surface area contributed by atoms with Crippen molar-refractivity contribution >= 4 is 18.3 Å². The van der Waals surface area contributed by atoms with Crippen molar-refractivity contribution in [2.75, 3.05) is 6.54 Å². The highest BCUT2D eigenvalue weighted by atomic mass is 35.5. The van der Waals surface area contributed by atoms with Crippen molar-refractivity contribution in [2.45, 2.75) is 32.9 Å². The molecular weight excluding hydrogens is 339 g/mol. The fourth-order valence-electron chi connectivity index (χ4n) is 2.92. The van der Waals surface area contributed by atoms with Crippen LogP contribution in [-0.2, 0) is 4.79 Å². The molecule has 2 N–H and O–H groups in total. The number of hydrogen-bond acceptors (Lipinski definition) is 2. The summed E-state index contributed by atoms with van der Waals surface area (Å²) < 4.78 is 13.1. The monoisotopic (exact) mass is 364 g/mol. The third-order valence-electron chi connectivity index (χ3n) is 4.56. The molecule has 0 aromatic heterocycles. The molecule has 0 bridgehead atoms. The van der Waals surface area contributed by atoms with Gasteiger partial charge in [-0.2, -0.15) is 0 Å². The van der Waals surface area contributed by atoms with E-state index in [1.807, 2.05) is 51.1 Å². The molecule has 3 atom stereocenters. The van der Waals surface area contributed by atoms with Crippen LogP contribution < -0.4 is 5.73 Å². The Kier molecular flexibility index (Phi) is 8.07. The number of rotatable bonds is 6. The van der Waals surface area contributed by atoms with Crippen molar-refractivity contribution in [3.8, 4) is 0 Å². The highest BCUT2D eigenvalue weighted by Crippen LogP contribution is 2.26. The maximum Gasteiger partial charge on any atom is 0.227 e. The number of halogens is 2. The van der Waals surface area contributed by atoms with E-state index >= 15 is 0 Å². The van der Waals surface area contributed by atoms with Crippen LogP contribution in [0.5, 0.6) is 0 Å². The summed E-state index contributed by atoms with van der Waals surface area (Å²) in [5, 5.41) is 0. The average Bonchev–Trinajstić information content (AvgIpc) is 2.62. The van der Waals surface area contributed by atoms with E-state index in [2.05, 4.69) is 0 Å². The molecule has 136 valence electrons. The van der Waals surface area contributed by atoms with E-state index in [9.17, 15) is 9.18 Å². The van der Waals surface area contributed by atoms with Gasteiger partial charge in [-0.05, 0) is 37.1 Å². The largest absolute Gasteiger partial charge is 0.336 e. The molecule has 0 saturated carbocycles. The summed E-state index contributed by atoms with van der Waals surface area (Å²) in [4.78, 5) is 14.7. The van der Waals surface area contributed by atoms with E-state index in [0.29, 0.717) is 6.54 Å². The van der Waals surface area contributed by atoms with Crippen molar-refractivity contribution in [2.24, 2.45) is 11.7 Å². The van der Waals surface area contributed by atoms with E-state index < -0.39 is 0 Å². The van der Waals surface area contributed by atoms with Gasteiger partial charge in [-0.3, -0.25) is 4.79 Å². The first-order valence-electron chi connectivity index (χ1n) is 8.32. The summed E-state index contributed by atoms with van der Waals surface area (Å²) in [6.45, 7) is 6.33. The van der Waals surface area contributed by atoms with Crippen molar-refractivity contribution in [3.63, 3.8) is 0 Å². The maximum absolute atomic E-state index is 13.1.